The molecule has 0 fully saturated rings. The summed E-state index contributed by atoms with van der Waals surface area (Å²) in [4.78, 5) is 0. The van der Waals surface area contributed by atoms with Gasteiger partial charge in [-0.05, 0) is 55.5 Å². The molecule has 7 nitrogen and oxygen atoms in total. The summed E-state index contributed by atoms with van der Waals surface area (Å²) in [6, 6.07) is 14.9. The molecule has 2 aromatic rings. The molecule has 0 aromatic heterocycles. The van der Waals surface area contributed by atoms with Crippen LogP contribution in [0.25, 0.3) is 0 Å². The molecule has 0 radical (unpaired) electrons. The Morgan fingerprint density at radius 3 is 2.44 bits per heavy atom. The molecule has 1 unspecified atom stereocenters. The van der Waals surface area contributed by atoms with Gasteiger partial charge < -0.3 is 20.3 Å². The Balaban J connectivity index is 1.49. The summed E-state index contributed by atoms with van der Waals surface area (Å²) in [5, 5.41) is 23.2. The van der Waals surface area contributed by atoms with Crippen LogP contribution in [0.3, 0.4) is 0 Å². The van der Waals surface area contributed by atoms with Crippen molar-refractivity contribution >= 4 is 15.7 Å². The van der Waals surface area contributed by atoms with E-state index in [-0.39, 0.29) is 11.4 Å². The number of unbranched alkanes of at least 4 members (excludes halogenated alkanes) is 3. The highest BCUT2D eigenvalue weighted by molar-refractivity contribution is 7.92. The Morgan fingerprint density at radius 2 is 1.69 bits per heavy atom. The van der Waals surface area contributed by atoms with Crippen molar-refractivity contribution < 1.29 is 23.4 Å². The first kappa shape index (κ1) is 26.1. The van der Waals surface area contributed by atoms with Crippen LogP contribution in [-0.2, 0) is 21.2 Å². The fourth-order valence-electron chi connectivity index (χ4n) is 3.33. The summed E-state index contributed by atoms with van der Waals surface area (Å²) < 4.78 is 30.6. The van der Waals surface area contributed by atoms with Gasteiger partial charge in [0.25, 0.3) is 0 Å². The van der Waals surface area contributed by atoms with Gasteiger partial charge in [-0.3, -0.25) is 4.72 Å². The van der Waals surface area contributed by atoms with Crippen LogP contribution in [0.15, 0.2) is 48.5 Å². The number of phenols is 1. The molecule has 0 amide bonds. The smallest absolute Gasteiger partial charge is 0.229 e. The van der Waals surface area contributed by atoms with E-state index in [4.69, 9.17) is 4.74 Å². The van der Waals surface area contributed by atoms with Gasteiger partial charge in [0.2, 0.25) is 10.0 Å². The quantitative estimate of drug-likeness (QED) is 0.223. The summed E-state index contributed by atoms with van der Waals surface area (Å²) >= 11 is 0. The maximum absolute atomic E-state index is 11.4. The van der Waals surface area contributed by atoms with E-state index in [1.807, 2.05) is 6.07 Å². The minimum absolute atomic E-state index is 0.0533. The lowest BCUT2D eigenvalue weighted by atomic mass is 10.1. The Labute approximate surface area is 191 Å². The van der Waals surface area contributed by atoms with Crippen molar-refractivity contribution in [3.63, 3.8) is 0 Å². The first-order valence-electron chi connectivity index (χ1n) is 11.2. The second kappa shape index (κ2) is 14.1. The number of sulfonamides is 1. The van der Waals surface area contributed by atoms with Gasteiger partial charge in [-0.15, -0.1) is 0 Å². The normalized spacial score (nSPS) is 12.6. The van der Waals surface area contributed by atoms with Gasteiger partial charge in [-0.2, -0.15) is 0 Å². The largest absolute Gasteiger partial charge is 0.506 e. The van der Waals surface area contributed by atoms with Crippen molar-refractivity contribution in [1.82, 2.24) is 5.32 Å². The maximum atomic E-state index is 11.4. The van der Waals surface area contributed by atoms with Gasteiger partial charge in [0.15, 0.2) is 0 Å². The van der Waals surface area contributed by atoms with Crippen LogP contribution in [0.1, 0.15) is 49.3 Å². The van der Waals surface area contributed by atoms with Crippen molar-refractivity contribution in [2.24, 2.45) is 0 Å². The van der Waals surface area contributed by atoms with E-state index < -0.39 is 16.1 Å². The first-order valence-corrected chi connectivity index (χ1v) is 13.1. The third kappa shape index (κ3) is 10.9. The highest BCUT2D eigenvalue weighted by Crippen LogP contribution is 2.27. The van der Waals surface area contributed by atoms with Gasteiger partial charge in [-0.25, -0.2) is 8.42 Å². The summed E-state index contributed by atoms with van der Waals surface area (Å²) in [5.41, 5.74) is 1.97. The van der Waals surface area contributed by atoms with Crippen LogP contribution < -0.4 is 10.0 Å². The molecule has 32 heavy (non-hydrogen) atoms. The molecule has 0 saturated heterocycles. The number of aromatic hydroxyl groups is 1. The van der Waals surface area contributed by atoms with Crippen molar-refractivity contribution in [2.45, 2.75) is 44.6 Å². The molecule has 0 spiro atoms. The zero-order chi connectivity index (χ0) is 23.2. The molecule has 2 aromatic carbocycles. The van der Waals surface area contributed by atoms with Crippen molar-refractivity contribution in [3.8, 4) is 5.75 Å². The van der Waals surface area contributed by atoms with Gasteiger partial charge in [-0.1, -0.05) is 49.2 Å². The Kier molecular flexibility index (Phi) is 11.5. The lowest BCUT2D eigenvalue weighted by Crippen LogP contribution is -2.23. The monoisotopic (exact) mass is 464 g/mol. The number of ether oxygens (including phenoxy) is 1. The number of rotatable bonds is 16. The fraction of sp³-hybridized carbons (Fsp3) is 0.500. The van der Waals surface area contributed by atoms with E-state index in [1.165, 1.54) is 37.0 Å². The van der Waals surface area contributed by atoms with E-state index in [2.05, 4.69) is 34.3 Å². The highest BCUT2D eigenvalue weighted by atomic mass is 32.2. The predicted octanol–water partition coefficient (Wildman–Crippen LogP) is 3.60. The standard InChI is InChI=1S/C24H36N2O5S/c1-32(29,30)26-22-18-21(13-14-23(22)27)24(28)19-25-15-9-17-31-16-8-3-2-5-10-20-11-6-4-7-12-20/h4,6-7,11-14,18,24-28H,2-3,5,8-10,15-17,19H2,1H3. The van der Waals surface area contributed by atoms with Gasteiger partial charge in [0.1, 0.15) is 5.75 Å². The number of phenolic OH excluding ortho intramolecular Hbond substituents is 1. The molecule has 4 N–H and O–H groups in total. The van der Waals surface area contributed by atoms with Crippen molar-refractivity contribution in [2.75, 3.05) is 37.3 Å². The molecular formula is C24H36N2O5S. The predicted molar refractivity (Wildman–Crippen MR) is 128 cm³/mol. The zero-order valence-corrected chi connectivity index (χ0v) is 19.6. The molecular weight excluding hydrogens is 428 g/mol. The third-order valence-corrected chi connectivity index (χ3v) is 5.62. The Bertz CT molecular complexity index is 891. The van der Waals surface area contributed by atoms with E-state index in [9.17, 15) is 18.6 Å². The average Bonchev–Trinajstić information content (AvgIpc) is 2.75. The lowest BCUT2D eigenvalue weighted by Gasteiger charge is -2.15. The number of anilines is 1. The van der Waals surface area contributed by atoms with Crippen molar-refractivity contribution in [1.29, 1.82) is 0 Å². The average molecular weight is 465 g/mol. The second-order valence-electron chi connectivity index (χ2n) is 7.99. The van der Waals surface area contributed by atoms with Crippen molar-refractivity contribution in [3.05, 3.63) is 59.7 Å². The highest BCUT2D eigenvalue weighted by Gasteiger charge is 2.12. The summed E-state index contributed by atoms with van der Waals surface area (Å²) in [7, 11) is -3.51. The topological polar surface area (TPSA) is 108 Å². The number of nitrogens with one attached hydrogen (secondary N) is 2. The molecule has 0 bridgehead atoms. The summed E-state index contributed by atoms with van der Waals surface area (Å²) in [5.74, 6) is -0.187. The van der Waals surface area contributed by atoms with E-state index in [1.54, 1.807) is 6.07 Å². The number of aliphatic hydroxyl groups excluding tert-OH is 1. The maximum Gasteiger partial charge on any atom is 0.229 e. The Hall–Kier alpha value is -2.13. The number of benzene rings is 2. The fourth-order valence-corrected chi connectivity index (χ4v) is 3.89. The van der Waals surface area contributed by atoms with Crippen LogP contribution >= 0.6 is 0 Å². The van der Waals surface area contributed by atoms with Crippen LogP contribution in [0.5, 0.6) is 5.75 Å². The molecule has 0 saturated carbocycles. The van der Waals surface area contributed by atoms with Gasteiger partial charge in [0, 0.05) is 19.8 Å². The molecule has 0 aliphatic heterocycles. The SMILES string of the molecule is CS(=O)(=O)Nc1cc(C(O)CNCCCOCCCCCCc2ccccc2)ccc1O. The Morgan fingerprint density at radius 1 is 0.969 bits per heavy atom. The van der Waals surface area contributed by atoms with E-state index in [0.717, 1.165) is 32.1 Å². The number of aliphatic hydroxyl groups is 1. The molecule has 8 heteroatoms. The summed E-state index contributed by atoms with van der Waals surface area (Å²) in [6.45, 7) is 2.48. The molecule has 178 valence electrons. The minimum Gasteiger partial charge on any atom is -0.506 e. The minimum atomic E-state index is -3.51. The third-order valence-electron chi connectivity index (χ3n) is 5.03. The number of hydrogen-bond acceptors (Lipinski definition) is 6. The molecule has 2 rings (SSSR count). The van der Waals surface area contributed by atoms with Crippen LogP contribution in [0.4, 0.5) is 5.69 Å². The number of hydrogen-bond donors (Lipinski definition) is 4. The second-order valence-corrected chi connectivity index (χ2v) is 9.73. The van der Waals surface area contributed by atoms with E-state index in [0.29, 0.717) is 25.3 Å². The van der Waals surface area contributed by atoms with Gasteiger partial charge >= 0.3 is 0 Å². The lowest BCUT2D eigenvalue weighted by molar-refractivity contribution is 0.125. The summed E-state index contributed by atoms with van der Waals surface area (Å²) in [6.07, 6.45) is 6.86. The van der Waals surface area contributed by atoms with E-state index >= 15 is 0 Å². The number of aryl methyl sites for hydroxylation is 1. The molecule has 1 atom stereocenters. The van der Waals surface area contributed by atoms with Crippen LogP contribution in [0.2, 0.25) is 0 Å². The van der Waals surface area contributed by atoms with Gasteiger partial charge in [0.05, 0.1) is 18.0 Å². The molecule has 0 aliphatic carbocycles. The molecule has 0 aliphatic rings. The molecule has 0 heterocycles. The first-order chi connectivity index (χ1) is 15.3. The van der Waals surface area contributed by atoms with Crippen LogP contribution in [-0.4, -0.2) is 51.2 Å². The van der Waals surface area contributed by atoms with Crippen LogP contribution in [0, 0.1) is 0 Å². The zero-order valence-electron chi connectivity index (χ0n) is 18.8.